The average Bonchev–Trinajstić information content (AvgIpc) is 3.68. The molecule has 2 aromatic rings. The zero-order valence-corrected chi connectivity index (χ0v) is 26.5. The van der Waals surface area contributed by atoms with Crippen molar-refractivity contribution >= 4 is 11.9 Å². The highest BCUT2D eigenvalue weighted by molar-refractivity contribution is 5.79. The van der Waals surface area contributed by atoms with Crippen molar-refractivity contribution in [3.05, 3.63) is 47.5 Å². The number of rotatable bonds is 16. The molecule has 2 aliphatic heterocycles. The molecule has 1 saturated carbocycles. The van der Waals surface area contributed by atoms with Crippen LogP contribution in [-0.4, -0.2) is 95.8 Å². The molecule has 1 aliphatic carbocycles. The first-order valence-corrected chi connectivity index (χ1v) is 16.4. The molecule has 0 radical (unpaired) electrons. The molecule has 248 valence electrons. The van der Waals surface area contributed by atoms with Crippen molar-refractivity contribution in [1.82, 2.24) is 14.9 Å². The molecule has 2 saturated heterocycles. The number of benzene rings is 1. The summed E-state index contributed by atoms with van der Waals surface area (Å²) >= 11 is 0. The molecule has 3 aliphatic rings. The van der Waals surface area contributed by atoms with E-state index in [2.05, 4.69) is 14.9 Å². The van der Waals surface area contributed by atoms with Crippen LogP contribution in [-0.2, 0) is 22.6 Å². The molecule has 0 unspecified atom stereocenters. The van der Waals surface area contributed by atoms with Gasteiger partial charge in [0.2, 0.25) is 11.9 Å². The monoisotopic (exact) mass is 628 g/mol. The quantitative estimate of drug-likeness (QED) is 0.257. The van der Waals surface area contributed by atoms with E-state index >= 15 is 0 Å². The van der Waals surface area contributed by atoms with E-state index in [9.17, 15) is 24.5 Å². The molecular weight excluding hydrogens is 579 g/mol. The van der Waals surface area contributed by atoms with Gasteiger partial charge in [-0.25, -0.2) is 14.4 Å². The van der Waals surface area contributed by atoms with Crippen LogP contribution in [0.2, 0.25) is 0 Å². The second kappa shape index (κ2) is 15.6. The molecule has 11 heteroatoms. The van der Waals surface area contributed by atoms with Crippen molar-refractivity contribution in [2.75, 3.05) is 64.6 Å². The molecule has 0 spiro atoms. The van der Waals surface area contributed by atoms with E-state index in [-0.39, 0.29) is 38.1 Å². The average molecular weight is 629 g/mol. The molecule has 3 N–H and O–H groups in total. The van der Waals surface area contributed by atoms with Crippen LogP contribution in [0.15, 0.2) is 30.6 Å². The number of halogens is 1. The fourth-order valence-corrected chi connectivity index (χ4v) is 7.02. The minimum Gasteiger partial charge on any atom is -0.493 e. The maximum atomic E-state index is 14.9. The van der Waals surface area contributed by atoms with E-state index in [4.69, 9.17) is 9.47 Å². The first-order valence-electron chi connectivity index (χ1n) is 16.4. The van der Waals surface area contributed by atoms with Crippen molar-refractivity contribution in [3.63, 3.8) is 0 Å². The van der Waals surface area contributed by atoms with Crippen molar-refractivity contribution in [2.24, 2.45) is 29.1 Å². The highest BCUT2D eigenvalue weighted by atomic mass is 19.1. The number of amides is 1. The maximum Gasteiger partial charge on any atom is 0.227 e. The van der Waals surface area contributed by atoms with Crippen molar-refractivity contribution < 1.29 is 34.0 Å². The number of hydrogen-bond acceptors (Lipinski definition) is 9. The third-order valence-corrected chi connectivity index (χ3v) is 10.3. The summed E-state index contributed by atoms with van der Waals surface area (Å²) in [7, 11) is 1.67. The third-order valence-electron chi connectivity index (χ3n) is 10.3. The van der Waals surface area contributed by atoms with Crippen LogP contribution >= 0.6 is 0 Å². The second-order valence-corrected chi connectivity index (χ2v) is 13.4. The summed E-state index contributed by atoms with van der Waals surface area (Å²) in [5, 5.41) is 28.7. The molecule has 1 aromatic carbocycles. The highest BCUT2D eigenvalue weighted by Gasteiger charge is 2.43. The Kier molecular flexibility index (Phi) is 11.6. The molecule has 45 heavy (non-hydrogen) atoms. The van der Waals surface area contributed by atoms with Crippen LogP contribution in [0.1, 0.15) is 56.1 Å². The topological polar surface area (TPSA) is 128 Å². The number of aliphatic hydroxyl groups excluding tert-OH is 3. The Hall–Kier alpha value is -2.86. The largest absolute Gasteiger partial charge is 0.493 e. The van der Waals surface area contributed by atoms with Gasteiger partial charge in [0.15, 0.2) is 0 Å². The zero-order chi connectivity index (χ0) is 31.8. The summed E-state index contributed by atoms with van der Waals surface area (Å²) in [5.41, 5.74) is 0.446. The van der Waals surface area contributed by atoms with Gasteiger partial charge in [0, 0.05) is 62.7 Å². The number of likely N-dealkylation sites (tertiary alicyclic amines) is 1. The second-order valence-electron chi connectivity index (χ2n) is 13.4. The molecule has 5 rings (SSSR count). The third kappa shape index (κ3) is 8.69. The summed E-state index contributed by atoms with van der Waals surface area (Å²) in [6.07, 6.45) is 10.2. The lowest BCUT2D eigenvalue weighted by Gasteiger charge is -2.32. The number of methoxy groups -OCH3 is 1. The summed E-state index contributed by atoms with van der Waals surface area (Å²) < 4.78 is 26.0. The Balaban J connectivity index is 0.988. The van der Waals surface area contributed by atoms with Crippen LogP contribution < -0.4 is 9.64 Å². The number of carbonyl (C=O) groups excluding carboxylic acids is 1. The van der Waals surface area contributed by atoms with Crippen LogP contribution in [0.5, 0.6) is 5.75 Å². The predicted molar refractivity (Wildman–Crippen MR) is 167 cm³/mol. The number of aromatic nitrogens is 2. The number of carbonyl (C=O) groups is 1. The van der Waals surface area contributed by atoms with E-state index < -0.39 is 11.2 Å². The molecule has 3 atom stereocenters. The number of hydrogen-bond donors (Lipinski definition) is 3. The number of ether oxygens (including phenoxy) is 2. The van der Waals surface area contributed by atoms with Gasteiger partial charge in [-0.1, -0.05) is 6.07 Å². The Labute approximate surface area is 265 Å². The number of anilines is 1. The minimum atomic E-state index is -0.891. The predicted octanol–water partition coefficient (Wildman–Crippen LogP) is 3.22. The number of aliphatic hydroxyl groups is 3. The standard InChI is InChI=1S/C34H49FN4O6/c1-44-20-25-17-36-33(37-18-25)38-11-6-26(7-12-38)30-14-27(30)8-13-45-29-3-2-28(31(35)16-29)15-32(43)39-10-5-24(19-39)4-9-34(21-40,22-41)23-42/h2-3,16-18,24,26-27,30,40-42H,4-15,19-23H2,1H3/t24-,27-,30-/m1/s1. The van der Waals surface area contributed by atoms with Crippen molar-refractivity contribution in [2.45, 2.75) is 58.0 Å². The smallest absolute Gasteiger partial charge is 0.227 e. The van der Waals surface area contributed by atoms with Gasteiger partial charge in [-0.3, -0.25) is 4.79 Å². The summed E-state index contributed by atoms with van der Waals surface area (Å²) in [6, 6.07) is 4.79. The van der Waals surface area contributed by atoms with Crippen LogP contribution in [0.4, 0.5) is 10.3 Å². The number of nitrogens with zero attached hydrogens (tertiary/aromatic N) is 4. The first kappa shape index (κ1) is 33.5. The van der Waals surface area contributed by atoms with E-state index in [0.29, 0.717) is 62.3 Å². The normalized spacial score (nSPS) is 22.2. The summed E-state index contributed by atoms with van der Waals surface area (Å²) in [5.74, 6) is 3.09. The molecule has 1 aromatic heterocycles. The summed E-state index contributed by atoms with van der Waals surface area (Å²) in [6.45, 7) is 3.36. The lowest BCUT2D eigenvalue weighted by molar-refractivity contribution is -0.129. The molecule has 3 fully saturated rings. The van der Waals surface area contributed by atoms with Gasteiger partial charge in [-0.2, -0.15) is 0 Å². The zero-order valence-electron chi connectivity index (χ0n) is 26.5. The Bertz CT molecular complexity index is 1230. The van der Waals surface area contributed by atoms with E-state index in [1.54, 1.807) is 24.1 Å². The van der Waals surface area contributed by atoms with E-state index in [0.717, 1.165) is 56.2 Å². The van der Waals surface area contributed by atoms with Gasteiger partial charge in [0.25, 0.3) is 0 Å². The Morgan fingerprint density at radius 3 is 2.44 bits per heavy atom. The fourth-order valence-electron chi connectivity index (χ4n) is 7.02. The lowest BCUT2D eigenvalue weighted by Crippen LogP contribution is -2.35. The van der Waals surface area contributed by atoms with Crippen LogP contribution in [0.3, 0.4) is 0 Å². The van der Waals surface area contributed by atoms with Gasteiger partial charge >= 0.3 is 0 Å². The Morgan fingerprint density at radius 1 is 1.04 bits per heavy atom. The lowest BCUT2D eigenvalue weighted by atomic mass is 9.83. The van der Waals surface area contributed by atoms with Gasteiger partial charge in [-0.05, 0) is 80.2 Å². The van der Waals surface area contributed by atoms with Crippen LogP contribution in [0, 0.1) is 34.9 Å². The molecule has 3 heterocycles. The SMILES string of the molecule is COCc1cnc(N2CCC([C@H]3C[C@H]3CCOc3ccc(CC(=O)N4CC[C@@H](CCC(CO)(CO)CO)C4)c(F)c3)CC2)nc1. The molecule has 0 bridgehead atoms. The summed E-state index contributed by atoms with van der Waals surface area (Å²) in [4.78, 5) is 26.0. The van der Waals surface area contributed by atoms with Gasteiger partial charge in [-0.15, -0.1) is 0 Å². The van der Waals surface area contributed by atoms with Gasteiger partial charge < -0.3 is 34.6 Å². The first-order chi connectivity index (χ1) is 21.9. The fraction of sp³-hybridized carbons (Fsp3) is 0.676. The van der Waals surface area contributed by atoms with E-state index in [1.807, 2.05) is 12.4 Å². The number of piperidine rings is 1. The van der Waals surface area contributed by atoms with Gasteiger partial charge in [0.05, 0.1) is 39.5 Å². The molecule has 10 nitrogen and oxygen atoms in total. The molecular formula is C34H49FN4O6. The van der Waals surface area contributed by atoms with Crippen molar-refractivity contribution in [3.8, 4) is 5.75 Å². The maximum absolute atomic E-state index is 14.9. The van der Waals surface area contributed by atoms with Crippen LogP contribution in [0.25, 0.3) is 0 Å². The Morgan fingerprint density at radius 2 is 1.78 bits per heavy atom. The highest BCUT2D eigenvalue weighted by Crippen LogP contribution is 2.50. The minimum absolute atomic E-state index is 0.000509. The van der Waals surface area contributed by atoms with E-state index in [1.165, 1.54) is 12.5 Å². The van der Waals surface area contributed by atoms with Crippen molar-refractivity contribution in [1.29, 1.82) is 0 Å². The molecule has 1 amide bonds. The van der Waals surface area contributed by atoms with Gasteiger partial charge in [0.1, 0.15) is 11.6 Å².